The lowest BCUT2D eigenvalue weighted by atomic mass is 10.0. The van der Waals surface area contributed by atoms with Crippen LogP contribution in [0.3, 0.4) is 0 Å². The maximum absolute atomic E-state index is 13.2. The summed E-state index contributed by atoms with van der Waals surface area (Å²) in [5.41, 5.74) is 4.38. The van der Waals surface area contributed by atoms with Crippen molar-refractivity contribution in [3.63, 3.8) is 0 Å². The molecule has 0 radical (unpaired) electrons. The first-order valence-corrected chi connectivity index (χ1v) is 4.68. The molecule has 1 rings (SSSR count). The van der Waals surface area contributed by atoms with Crippen molar-refractivity contribution in [2.45, 2.75) is 18.6 Å². The first-order chi connectivity index (χ1) is 7.47. The fraction of sp³-hybridized carbons (Fsp3) is 0.400. The predicted octanol–water partition coefficient (Wildman–Crippen LogP) is 0.847. The molecule has 6 heteroatoms. The topological polar surface area (TPSA) is 66.5 Å². The van der Waals surface area contributed by atoms with Gasteiger partial charge in [-0.1, -0.05) is 0 Å². The van der Waals surface area contributed by atoms with Gasteiger partial charge in [-0.25, -0.2) is 13.2 Å². The van der Waals surface area contributed by atoms with E-state index in [1.807, 2.05) is 0 Å². The molecule has 90 valence electrons. The van der Waals surface area contributed by atoms with E-state index in [9.17, 15) is 23.4 Å². The van der Waals surface area contributed by atoms with Crippen molar-refractivity contribution in [1.82, 2.24) is 0 Å². The molecule has 1 aromatic rings. The third-order valence-electron chi connectivity index (χ3n) is 2.17. The van der Waals surface area contributed by atoms with Gasteiger partial charge in [0, 0.05) is 12.1 Å². The van der Waals surface area contributed by atoms with Crippen molar-refractivity contribution in [3.05, 3.63) is 35.1 Å². The van der Waals surface area contributed by atoms with E-state index in [0.29, 0.717) is 12.1 Å². The van der Waals surface area contributed by atoms with Gasteiger partial charge in [-0.05, 0) is 13.0 Å². The van der Waals surface area contributed by atoms with Crippen LogP contribution in [0.1, 0.15) is 18.1 Å². The molecule has 0 saturated carbocycles. The molecule has 0 aliphatic carbocycles. The van der Waals surface area contributed by atoms with Gasteiger partial charge >= 0.3 is 0 Å². The molecular weight excluding hydrogens is 223 g/mol. The van der Waals surface area contributed by atoms with E-state index < -0.39 is 35.2 Å². The van der Waals surface area contributed by atoms with E-state index in [4.69, 9.17) is 5.73 Å². The largest absolute Gasteiger partial charge is 0.390 e. The maximum Gasteiger partial charge on any atom is 0.134 e. The summed E-state index contributed by atoms with van der Waals surface area (Å²) in [5, 5.41) is 18.8. The van der Waals surface area contributed by atoms with Crippen molar-refractivity contribution in [2.75, 3.05) is 6.54 Å². The van der Waals surface area contributed by atoms with Crippen LogP contribution in [-0.2, 0) is 0 Å². The summed E-state index contributed by atoms with van der Waals surface area (Å²) in [6.45, 7) is 0.0582. The summed E-state index contributed by atoms with van der Waals surface area (Å²) in [5.74, 6) is -3.55. The summed E-state index contributed by atoms with van der Waals surface area (Å²) in [6.07, 6.45) is -3.17. The van der Waals surface area contributed by atoms with Crippen molar-refractivity contribution >= 4 is 0 Å². The Morgan fingerprint density at radius 2 is 1.62 bits per heavy atom. The smallest absolute Gasteiger partial charge is 0.134 e. The van der Waals surface area contributed by atoms with Crippen LogP contribution in [0.25, 0.3) is 0 Å². The predicted molar refractivity (Wildman–Crippen MR) is 51.0 cm³/mol. The standard InChI is InChI=1S/C10H12F3NO2/c11-5-3-6(12)9(7(13)4-5)10(16)8(15)1-2-14/h3-4,8,10,15-16H,1-2,14H2. The van der Waals surface area contributed by atoms with Gasteiger partial charge in [0.25, 0.3) is 0 Å². The third kappa shape index (κ3) is 2.72. The van der Waals surface area contributed by atoms with E-state index in [-0.39, 0.29) is 13.0 Å². The highest BCUT2D eigenvalue weighted by Gasteiger charge is 2.25. The van der Waals surface area contributed by atoms with Crippen molar-refractivity contribution < 1.29 is 23.4 Å². The minimum absolute atomic E-state index is 0.0164. The van der Waals surface area contributed by atoms with Gasteiger partial charge in [0.1, 0.15) is 23.6 Å². The number of aliphatic hydroxyl groups excluding tert-OH is 2. The highest BCUT2D eigenvalue weighted by molar-refractivity contribution is 5.23. The Balaban J connectivity index is 3.03. The molecule has 2 unspecified atom stereocenters. The summed E-state index contributed by atoms with van der Waals surface area (Å²) < 4.78 is 38.9. The molecule has 3 nitrogen and oxygen atoms in total. The Labute approximate surface area is 90.3 Å². The first-order valence-electron chi connectivity index (χ1n) is 4.68. The van der Waals surface area contributed by atoms with E-state index in [0.717, 1.165) is 0 Å². The molecule has 0 fully saturated rings. The second-order valence-corrected chi connectivity index (χ2v) is 3.37. The third-order valence-corrected chi connectivity index (χ3v) is 2.17. The van der Waals surface area contributed by atoms with Crippen LogP contribution in [0, 0.1) is 17.5 Å². The minimum Gasteiger partial charge on any atom is -0.390 e. The molecule has 0 heterocycles. The van der Waals surface area contributed by atoms with Crippen LogP contribution >= 0.6 is 0 Å². The second kappa shape index (κ2) is 5.29. The Morgan fingerprint density at radius 3 is 2.06 bits per heavy atom. The number of hydrogen-bond acceptors (Lipinski definition) is 3. The summed E-state index contributed by atoms with van der Waals surface area (Å²) >= 11 is 0. The molecule has 0 bridgehead atoms. The van der Waals surface area contributed by atoms with Gasteiger partial charge in [-0.3, -0.25) is 0 Å². The molecular formula is C10H12F3NO2. The van der Waals surface area contributed by atoms with Gasteiger partial charge in [-0.2, -0.15) is 0 Å². The van der Waals surface area contributed by atoms with Crippen LogP contribution in [0.4, 0.5) is 13.2 Å². The fourth-order valence-electron chi connectivity index (χ4n) is 1.36. The lowest BCUT2D eigenvalue weighted by Gasteiger charge is -2.18. The van der Waals surface area contributed by atoms with Gasteiger partial charge < -0.3 is 15.9 Å². The van der Waals surface area contributed by atoms with Crippen molar-refractivity contribution in [3.8, 4) is 0 Å². The summed E-state index contributed by atoms with van der Waals surface area (Å²) in [7, 11) is 0. The zero-order chi connectivity index (χ0) is 12.3. The molecule has 2 atom stereocenters. The number of benzene rings is 1. The van der Waals surface area contributed by atoms with E-state index >= 15 is 0 Å². The van der Waals surface area contributed by atoms with Crippen LogP contribution in [0.15, 0.2) is 12.1 Å². The molecule has 0 saturated heterocycles. The fourth-order valence-corrected chi connectivity index (χ4v) is 1.36. The quantitative estimate of drug-likeness (QED) is 0.724. The van der Waals surface area contributed by atoms with Gasteiger partial charge in [0.15, 0.2) is 0 Å². The number of aliphatic hydroxyl groups is 2. The Hall–Kier alpha value is -1.11. The van der Waals surface area contributed by atoms with Crippen molar-refractivity contribution in [2.24, 2.45) is 5.73 Å². The van der Waals surface area contributed by atoms with Gasteiger partial charge in [-0.15, -0.1) is 0 Å². The number of nitrogens with two attached hydrogens (primary N) is 1. The number of halogens is 3. The Bertz CT molecular complexity index is 350. The molecule has 0 amide bonds. The molecule has 16 heavy (non-hydrogen) atoms. The number of hydrogen-bond donors (Lipinski definition) is 3. The Morgan fingerprint density at radius 1 is 1.12 bits per heavy atom. The summed E-state index contributed by atoms with van der Waals surface area (Å²) in [6, 6.07) is 0.883. The lowest BCUT2D eigenvalue weighted by Crippen LogP contribution is -2.23. The van der Waals surface area contributed by atoms with Gasteiger partial charge in [0.2, 0.25) is 0 Å². The lowest BCUT2D eigenvalue weighted by molar-refractivity contribution is 0.0107. The highest BCUT2D eigenvalue weighted by Crippen LogP contribution is 2.25. The van der Waals surface area contributed by atoms with Crippen molar-refractivity contribution in [1.29, 1.82) is 0 Å². The molecule has 1 aromatic carbocycles. The second-order valence-electron chi connectivity index (χ2n) is 3.37. The average molecular weight is 235 g/mol. The van der Waals surface area contributed by atoms with E-state index in [1.165, 1.54) is 0 Å². The first kappa shape index (κ1) is 13.0. The maximum atomic E-state index is 13.2. The zero-order valence-corrected chi connectivity index (χ0v) is 8.33. The molecule has 0 aliphatic rings. The average Bonchev–Trinajstić information content (AvgIpc) is 2.16. The van der Waals surface area contributed by atoms with Gasteiger partial charge in [0.05, 0.1) is 11.7 Å². The molecule has 0 aliphatic heterocycles. The highest BCUT2D eigenvalue weighted by atomic mass is 19.1. The Kier molecular flexibility index (Phi) is 4.28. The summed E-state index contributed by atoms with van der Waals surface area (Å²) in [4.78, 5) is 0. The zero-order valence-electron chi connectivity index (χ0n) is 8.33. The van der Waals surface area contributed by atoms with E-state index in [1.54, 1.807) is 0 Å². The normalized spacial score (nSPS) is 14.9. The SMILES string of the molecule is NCCC(O)C(O)c1c(F)cc(F)cc1F. The van der Waals surface area contributed by atoms with Crippen LogP contribution in [0.5, 0.6) is 0 Å². The van der Waals surface area contributed by atoms with Crippen LogP contribution < -0.4 is 5.73 Å². The van der Waals surface area contributed by atoms with E-state index in [2.05, 4.69) is 0 Å². The molecule has 4 N–H and O–H groups in total. The monoisotopic (exact) mass is 235 g/mol. The molecule has 0 spiro atoms. The number of rotatable bonds is 4. The van der Waals surface area contributed by atoms with Crippen LogP contribution in [-0.4, -0.2) is 22.9 Å². The van der Waals surface area contributed by atoms with Crippen LogP contribution in [0.2, 0.25) is 0 Å². The molecule has 0 aromatic heterocycles. The minimum atomic E-state index is -1.76.